The van der Waals surface area contributed by atoms with Gasteiger partial charge in [-0.25, -0.2) is 0 Å². The lowest BCUT2D eigenvalue weighted by atomic mass is 10.2. The molecule has 4 nitrogen and oxygen atoms in total. The van der Waals surface area contributed by atoms with Crippen molar-refractivity contribution in [2.45, 2.75) is 25.7 Å². The van der Waals surface area contributed by atoms with Gasteiger partial charge in [0.2, 0.25) is 0 Å². The number of halogens is 2. The van der Waals surface area contributed by atoms with E-state index in [1.807, 2.05) is 13.8 Å². The summed E-state index contributed by atoms with van der Waals surface area (Å²) < 4.78 is 11.0. The third-order valence-electron chi connectivity index (χ3n) is 2.75. The van der Waals surface area contributed by atoms with Crippen LogP contribution in [0.5, 0.6) is 0 Å². The molecule has 6 heteroatoms. The van der Waals surface area contributed by atoms with Crippen LogP contribution in [0.3, 0.4) is 0 Å². The summed E-state index contributed by atoms with van der Waals surface area (Å²) in [5.41, 5.74) is 0.354. The van der Waals surface area contributed by atoms with Gasteiger partial charge in [0.1, 0.15) is 6.10 Å². The largest absolute Gasteiger partial charge is 0.349 e. The van der Waals surface area contributed by atoms with Crippen LogP contribution in [0.25, 0.3) is 0 Å². The molecule has 104 valence electrons. The van der Waals surface area contributed by atoms with Gasteiger partial charge in [0.25, 0.3) is 5.91 Å². The quantitative estimate of drug-likeness (QED) is 0.934. The average molecular weight is 304 g/mol. The van der Waals surface area contributed by atoms with E-state index in [1.54, 1.807) is 18.2 Å². The molecule has 1 aliphatic heterocycles. The molecule has 1 aromatic rings. The minimum Gasteiger partial charge on any atom is -0.349 e. The fourth-order valence-electron chi connectivity index (χ4n) is 1.84. The van der Waals surface area contributed by atoms with Crippen LogP contribution in [-0.2, 0) is 9.47 Å². The summed E-state index contributed by atoms with van der Waals surface area (Å²) in [6.07, 6.45) is -0.156. The van der Waals surface area contributed by atoms with Gasteiger partial charge in [-0.2, -0.15) is 0 Å². The number of nitrogens with one attached hydrogen (secondary N) is 1. The van der Waals surface area contributed by atoms with Crippen LogP contribution in [0.2, 0.25) is 10.0 Å². The minimum atomic E-state index is -0.594. The maximum atomic E-state index is 12.0. The second-order valence-electron chi connectivity index (χ2n) is 4.76. The Morgan fingerprint density at radius 1 is 1.47 bits per heavy atom. The zero-order valence-corrected chi connectivity index (χ0v) is 12.2. The van der Waals surface area contributed by atoms with E-state index in [0.717, 1.165) is 0 Å². The highest BCUT2D eigenvalue weighted by Gasteiger charge is 2.32. The lowest BCUT2D eigenvalue weighted by Gasteiger charge is -2.17. The highest BCUT2D eigenvalue weighted by Crippen LogP contribution is 2.25. The molecule has 1 saturated heterocycles. The second-order valence-corrected chi connectivity index (χ2v) is 5.55. The summed E-state index contributed by atoms with van der Waals surface area (Å²) in [6, 6.07) is 4.94. The van der Waals surface area contributed by atoms with Crippen LogP contribution >= 0.6 is 23.2 Å². The van der Waals surface area contributed by atoms with Gasteiger partial charge in [-0.15, -0.1) is 0 Å². The van der Waals surface area contributed by atoms with Crippen molar-refractivity contribution < 1.29 is 14.3 Å². The molecule has 19 heavy (non-hydrogen) atoms. The van der Waals surface area contributed by atoms with E-state index in [0.29, 0.717) is 23.7 Å². The predicted octanol–water partition coefficient (Wildman–Crippen LogP) is 2.87. The SMILES string of the molecule is CC1(C)OCC(CNC(=O)c2cccc(Cl)c2Cl)O1. The molecule has 1 fully saturated rings. The number of carbonyl (C=O) groups excluding carboxylic acids is 1. The van der Waals surface area contributed by atoms with Crippen molar-refractivity contribution in [2.75, 3.05) is 13.2 Å². The highest BCUT2D eigenvalue weighted by atomic mass is 35.5. The van der Waals surface area contributed by atoms with Crippen LogP contribution in [0, 0.1) is 0 Å². The van der Waals surface area contributed by atoms with Crippen LogP contribution < -0.4 is 5.32 Å². The molecular formula is C13H15Cl2NO3. The first-order chi connectivity index (χ1) is 8.89. The molecule has 1 atom stereocenters. The second kappa shape index (κ2) is 5.67. The third-order valence-corrected chi connectivity index (χ3v) is 3.57. The number of hydrogen-bond acceptors (Lipinski definition) is 3. The Morgan fingerprint density at radius 3 is 2.84 bits per heavy atom. The van der Waals surface area contributed by atoms with E-state index >= 15 is 0 Å². The van der Waals surface area contributed by atoms with Crippen LogP contribution in [0.15, 0.2) is 18.2 Å². The molecule has 1 aromatic carbocycles. The molecular weight excluding hydrogens is 289 g/mol. The lowest BCUT2D eigenvalue weighted by molar-refractivity contribution is -0.137. The molecule has 0 aromatic heterocycles. The number of carbonyl (C=O) groups is 1. The lowest BCUT2D eigenvalue weighted by Crippen LogP contribution is -2.34. The molecule has 0 aliphatic carbocycles. The van der Waals surface area contributed by atoms with E-state index in [-0.39, 0.29) is 17.0 Å². The smallest absolute Gasteiger partial charge is 0.252 e. The molecule has 1 unspecified atom stereocenters. The van der Waals surface area contributed by atoms with E-state index in [1.165, 1.54) is 0 Å². The first-order valence-corrected chi connectivity index (χ1v) is 6.68. The molecule has 2 rings (SSSR count). The molecule has 1 N–H and O–H groups in total. The van der Waals surface area contributed by atoms with Gasteiger partial charge < -0.3 is 14.8 Å². The third kappa shape index (κ3) is 3.60. The number of amides is 1. The normalized spacial score (nSPS) is 21.4. The molecule has 1 amide bonds. The summed E-state index contributed by atoms with van der Waals surface area (Å²) in [6.45, 7) is 4.49. The van der Waals surface area contributed by atoms with Crippen LogP contribution in [0.1, 0.15) is 24.2 Å². The van der Waals surface area contributed by atoms with Crippen molar-refractivity contribution in [1.29, 1.82) is 0 Å². The van der Waals surface area contributed by atoms with Gasteiger partial charge in [0.05, 0.1) is 22.2 Å². The molecule has 0 spiro atoms. The van der Waals surface area contributed by atoms with Gasteiger partial charge in [-0.05, 0) is 26.0 Å². The summed E-state index contributed by atoms with van der Waals surface area (Å²) >= 11 is 11.8. The van der Waals surface area contributed by atoms with Crippen LogP contribution in [0.4, 0.5) is 0 Å². The Bertz CT molecular complexity index is 491. The summed E-state index contributed by atoms with van der Waals surface area (Å²) in [5, 5.41) is 3.37. The van der Waals surface area contributed by atoms with Gasteiger partial charge in [0.15, 0.2) is 5.79 Å². The van der Waals surface area contributed by atoms with Crippen molar-refractivity contribution in [3.8, 4) is 0 Å². The number of rotatable bonds is 3. The van der Waals surface area contributed by atoms with Crippen molar-refractivity contribution in [3.63, 3.8) is 0 Å². The number of ether oxygens (including phenoxy) is 2. The molecule has 1 heterocycles. The summed E-state index contributed by atoms with van der Waals surface area (Å²) in [7, 11) is 0. The maximum absolute atomic E-state index is 12.0. The Hall–Kier alpha value is -0.810. The van der Waals surface area contributed by atoms with Gasteiger partial charge >= 0.3 is 0 Å². The maximum Gasteiger partial charge on any atom is 0.252 e. The van der Waals surface area contributed by atoms with Crippen molar-refractivity contribution in [2.24, 2.45) is 0 Å². The van der Waals surface area contributed by atoms with E-state index < -0.39 is 5.79 Å². The highest BCUT2D eigenvalue weighted by molar-refractivity contribution is 6.43. The summed E-state index contributed by atoms with van der Waals surface area (Å²) in [5.74, 6) is -0.871. The topological polar surface area (TPSA) is 47.6 Å². The Balaban J connectivity index is 1.93. The zero-order valence-electron chi connectivity index (χ0n) is 10.7. The number of hydrogen-bond donors (Lipinski definition) is 1. The zero-order chi connectivity index (χ0) is 14.0. The Kier molecular flexibility index (Phi) is 4.36. The van der Waals surface area contributed by atoms with E-state index in [4.69, 9.17) is 32.7 Å². The molecule has 0 radical (unpaired) electrons. The fourth-order valence-corrected chi connectivity index (χ4v) is 2.23. The summed E-state index contributed by atoms with van der Waals surface area (Å²) in [4.78, 5) is 12.0. The van der Waals surface area contributed by atoms with Crippen LogP contribution in [-0.4, -0.2) is 30.9 Å². The van der Waals surface area contributed by atoms with Crippen molar-refractivity contribution in [3.05, 3.63) is 33.8 Å². The van der Waals surface area contributed by atoms with E-state index in [9.17, 15) is 4.79 Å². The average Bonchev–Trinajstić information content (AvgIpc) is 2.69. The monoisotopic (exact) mass is 303 g/mol. The van der Waals surface area contributed by atoms with Crippen molar-refractivity contribution in [1.82, 2.24) is 5.32 Å². The Labute approximate surface area is 122 Å². The fraction of sp³-hybridized carbons (Fsp3) is 0.462. The van der Waals surface area contributed by atoms with Gasteiger partial charge in [0, 0.05) is 6.54 Å². The van der Waals surface area contributed by atoms with Crippen molar-refractivity contribution >= 4 is 29.1 Å². The van der Waals surface area contributed by atoms with Gasteiger partial charge in [-0.3, -0.25) is 4.79 Å². The predicted molar refractivity (Wildman–Crippen MR) is 73.7 cm³/mol. The first kappa shape index (κ1) is 14.6. The minimum absolute atomic E-state index is 0.156. The first-order valence-electron chi connectivity index (χ1n) is 5.93. The standard InChI is InChI=1S/C13H15Cl2NO3/c1-13(2)18-7-8(19-13)6-16-12(17)9-4-3-5-10(14)11(9)15/h3-5,8H,6-7H2,1-2H3,(H,16,17). The van der Waals surface area contributed by atoms with E-state index in [2.05, 4.69) is 5.32 Å². The molecule has 1 aliphatic rings. The molecule has 0 saturated carbocycles. The molecule has 0 bridgehead atoms. The Morgan fingerprint density at radius 2 is 2.21 bits per heavy atom. The number of benzene rings is 1. The van der Waals surface area contributed by atoms with Gasteiger partial charge in [-0.1, -0.05) is 29.3 Å².